The molecule has 1 aliphatic carbocycles. The molecule has 35 heavy (non-hydrogen) atoms. The molecule has 1 aromatic carbocycles. The van der Waals surface area contributed by atoms with Gasteiger partial charge in [0.2, 0.25) is 5.95 Å². The van der Waals surface area contributed by atoms with Crippen molar-refractivity contribution in [2.75, 3.05) is 11.9 Å². The summed E-state index contributed by atoms with van der Waals surface area (Å²) in [6, 6.07) is 8.85. The lowest BCUT2D eigenvalue weighted by atomic mass is 9.87. The van der Waals surface area contributed by atoms with Crippen LogP contribution in [0, 0.1) is 24.2 Å². The molecule has 0 atom stereocenters. The van der Waals surface area contributed by atoms with Crippen LogP contribution in [-0.4, -0.2) is 38.4 Å². The van der Waals surface area contributed by atoms with Crippen LogP contribution in [0.3, 0.4) is 0 Å². The van der Waals surface area contributed by atoms with E-state index >= 15 is 0 Å². The number of benzene rings is 1. The number of hydrogen-bond acceptors (Lipinski definition) is 6. The lowest BCUT2D eigenvalue weighted by molar-refractivity contribution is -0.123. The van der Waals surface area contributed by atoms with Crippen LogP contribution in [0.15, 0.2) is 42.9 Å². The number of halogens is 3. The van der Waals surface area contributed by atoms with Crippen LogP contribution in [-0.2, 0) is 0 Å². The number of alkyl halides is 3. The number of carbonyl (C=O) groups is 1. The second-order valence-corrected chi connectivity index (χ2v) is 8.57. The van der Waals surface area contributed by atoms with E-state index in [1.54, 1.807) is 24.5 Å². The number of aromatic nitrogens is 4. The number of nitrogens with one attached hydrogen (secondary N) is 2. The van der Waals surface area contributed by atoms with Crippen molar-refractivity contribution in [2.45, 2.75) is 44.8 Å². The first-order valence-electron chi connectivity index (χ1n) is 11.2. The maximum atomic E-state index is 12.4. The van der Waals surface area contributed by atoms with E-state index < -0.39 is 18.6 Å². The van der Waals surface area contributed by atoms with Gasteiger partial charge in [0.15, 0.2) is 0 Å². The van der Waals surface area contributed by atoms with E-state index in [1.807, 2.05) is 23.1 Å². The standard InChI is InChI=1S/C24H24F3N7O/c1-15-11-29-23(32-19-12-31-34(13-19)20-7-5-16(10-28)6-8-20)33-21(15)17-3-2-4-18(9-17)22(35)30-14-24(25,26)27/h2-4,9,11-13,16,20H,5-8,14H2,1H3,(H,30,35)(H,29,32,33). The van der Waals surface area contributed by atoms with Crippen LogP contribution in [0.25, 0.3) is 11.3 Å². The monoisotopic (exact) mass is 483 g/mol. The van der Waals surface area contributed by atoms with Crippen LogP contribution in [0.1, 0.15) is 47.6 Å². The van der Waals surface area contributed by atoms with Crippen molar-refractivity contribution in [1.29, 1.82) is 5.26 Å². The van der Waals surface area contributed by atoms with Gasteiger partial charge in [0.25, 0.3) is 5.91 Å². The third-order valence-electron chi connectivity index (χ3n) is 5.93. The molecule has 8 nitrogen and oxygen atoms in total. The molecule has 1 aliphatic rings. The van der Waals surface area contributed by atoms with E-state index in [-0.39, 0.29) is 17.5 Å². The lowest BCUT2D eigenvalue weighted by Gasteiger charge is -2.24. The van der Waals surface area contributed by atoms with Crippen LogP contribution in [0.2, 0.25) is 0 Å². The summed E-state index contributed by atoms with van der Waals surface area (Å²) in [6.45, 7) is 0.412. The molecule has 2 heterocycles. The summed E-state index contributed by atoms with van der Waals surface area (Å²) in [6.07, 6.45) is 4.24. The molecule has 0 aliphatic heterocycles. The second kappa shape index (κ2) is 10.1. The van der Waals surface area contributed by atoms with E-state index in [0.29, 0.717) is 22.9 Å². The SMILES string of the molecule is Cc1cnc(Nc2cnn(C3CCC(C#N)CC3)c2)nc1-c1cccc(C(=O)NCC(F)(F)F)c1. The van der Waals surface area contributed by atoms with E-state index in [1.165, 1.54) is 12.1 Å². The molecule has 3 aromatic rings. The normalized spacial score (nSPS) is 18.0. The minimum atomic E-state index is -4.49. The molecule has 0 bridgehead atoms. The predicted molar refractivity (Wildman–Crippen MR) is 123 cm³/mol. The molecule has 1 amide bonds. The van der Waals surface area contributed by atoms with E-state index in [9.17, 15) is 18.0 Å². The minimum absolute atomic E-state index is 0.103. The molecule has 2 N–H and O–H groups in total. The predicted octanol–water partition coefficient (Wildman–Crippen LogP) is 4.94. The average Bonchev–Trinajstić information content (AvgIpc) is 3.32. The zero-order chi connectivity index (χ0) is 25.0. The molecule has 0 unspecified atom stereocenters. The largest absolute Gasteiger partial charge is 0.405 e. The maximum absolute atomic E-state index is 12.4. The first kappa shape index (κ1) is 24.2. The Balaban J connectivity index is 1.48. The minimum Gasteiger partial charge on any atom is -0.343 e. The van der Waals surface area contributed by atoms with E-state index in [4.69, 9.17) is 5.26 Å². The Morgan fingerprint density at radius 2 is 2.00 bits per heavy atom. The highest BCUT2D eigenvalue weighted by molar-refractivity contribution is 5.95. The molecule has 2 aromatic heterocycles. The van der Waals surface area contributed by atoms with Crippen LogP contribution in [0.4, 0.5) is 24.8 Å². The maximum Gasteiger partial charge on any atom is 0.405 e. The number of nitrogens with zero attached hydrogens (tertiary/aromatic N) is 5. The summed E-state index contributed by atoms with van der Waals surface area (Å²) >= 11 is 0. The summed E-state index contributed by atoms with van der Waals surface area (Å²) in [4.78, 5) is 21.0. The second-order valence-electron chi connectivity index (χ2n) is 8.57. The van der Waals surface area contributed by atoms with Gasteiger partial charge in [-0.25, -0.2) is 9.97 Å². The number of anilines is 2. The van der Waals surface area contributed by atoms with Gasteiger partial charge in [0.05, 0.1) is 29.7 Å². The number of hydrogen-bond donors (Lipinski definition) is 2. The number of amides is 1. The summed E-state index contributed by atoms with van der Waals surface area (Å²) in [5.74, 6) is -0.372. The van der Waals surface area contributed by atoms with Crippen LogP contribution < -0.4 is 10.6 Å². The third kappa shape index (κ3) is 6.15. The van der Waals surface area contributed by atoms with Crippen molar-refractivity contribution in [3.63, 3.8) is 0 Å². The van der Waals surface area contributed by atoms with Crippen molar-refractivity contribution in [3.05, 3.63) is 54.0 Å². The molecule has 0 radical (unpaired) electrons. The average molecular weight is 483 g/mol. The zero-order valence-electron chi connectivity index (χ0n) is 19.0. The molecular formula is C24H24F3N7O. The fraction of sp³-hybridized carbons (Fsp3) is 0.375. The van der Waals surface area contributed by atoms with Gasteiger partial charge >= 0.3 is 6.18 Å². The number of aryl methyl sites for hydroxylation is 1. The molecule has 0 spiro atoms. The highest BCUT2D eigenvalue weighted by Gasteiger charge is 2.28. The molecule has 1 saturated carbocycles. The van der Waals surface area contributed by atoms with Gasteiger partial charge < -0.3 is 10.6 Å². The zero-order valence-corrected chi connectivity index (χ0v) is 19.0. The van der Waals surface area contributed by atoms with Gasteiger partial charge in [0.1, 0.15) is 6.54 Å². The lowest BCUT2D eigenvalue weighted by Crippen LogP contribution is -2.33. The Kier molecular flexibility index (Phi) is 7.00. The Morgan fingerprint density at radius 3 is 2.71 bits per heavy atom. The molecular weight excluding hydrogens is 459 g/mol. The van der Waals surface area contributed by atoms with Crippen molar-refractivity contribution < 1.29 is 18.0 Å². The third-order valence-corrected chi connectivity index (χ3v) is 5.93. The summed E-state index contributed by atoms with van der Waals surface area (Å²) < 4.78 is 39.2. The van der Waals surface area contributed by atoms with Crippen LogP contribution >= 0.6 is 0 Å². The Hall–Kier alpha value is -3.94. The molecule has 4 rings (SSSR count). The van der Waals surface area contributed by atoms with E-state index in [0.717, 1.165) is 31.2 Å². The van der Waals surface area contributed by atoms with E-state index in [2.05, 4.69) is 26.5 Å². The Morgan fingerprint density at radius 1 is 1.23 bits per heavy atom. The van der Waals surface area contributed by atoms with Gasteiger partial charge in [-0.2, -0.15) is 23.5 Å². The summed E-state index contributed by atoms with van der Waals surface area (Å²) in [5.41, 5.74) is 2.69. The summed E-state index contributed by atoms with van der Waals surface area (Å²) in [7, 11) is 0. The van der Waals surface area contributed by atoms with Gasteiger partial charge in [-0.05, 0) is 50.3 Å². The first-order chi connectivity index (χ1) is 16.7. The van der Waals surface area contributed by atoms with Gasteiger partial charge in [0, 0.05) is 29.4 Å². The quantitative estimate of drug-likeness (QED) is 0.514. The van der Waals surface area contributed by atoms with Crippen molar-refractivity contribution in [1.82, 2.24) is 25.1 Å². The fourth-order valence-corrected chi connectivity index (χ4v) is 4.09. The first-order valence-corrected chi connectivity index (χ1v) is 11.2. The van der Waals surface area contributed by atoms with Gasteiger partial charge in [-0.15, -0.1) is 0 Å². The van der Waals surface area contributed by atoms with Gasteiger partial charge in [-0.1, -0.05) is 12.1 Å². The highest BCUT2D eigenvalue weighted by Crippen LogP contribution is 2.32. The van der Waals surface area contributed by atoms with Gasteiger partial charge in [-0.3, -0.25) is 9.48 Å². The fourth-order valence-electron chi connectivity index (χ4n) is 4.09. The van der Waals surface area contributed by atoms with Crippen molar-refractivity contribution in [3.8, 4) is 17.3 Å². The number of nitriles is 1. The Bertz CT molecular complexity index is 1240. The van der Waals surface area contributed by atoms with Crippen molar-refractivity contribution >= 4 is 17.5 Å². The molecule has 1 fully saturated rings. The molecule has 0 saturated heterocycles. The summed E-state index contributed by atoms with van der Waals surface area (Å²) in [5, 5.41) is 18.5. The molecule has 11 heteroatoms. The molecule has 182 valence electrons. The number of rotatable bonds is 6. The highest BCUT2D eigenvalue weighted by atomic mass is 19.4. The Labute approximate surface area is 200 Å². The van der Waals surface area contributed by atoms with Crippen molar-refractivity contribution in [2.24, 2.45) is 5.92 Å². The smallest absolute Gasteiger partial charge is 0.343 e. The number of carbonyl (C=O) groups excluding carboxylic acids is 1. The van der Waals surface area contributed by atoms with Crippen LogP contribution in [0.5, 0.6) is 0 Å². The topological polar surface area (TPSA) is 109 Å².